The molecule has 2 aromatic rings. The molecule has 13 nitrogen and oxygen atoms in total. The quantitative estimate of drug-likeness (QED) is 0.455. The third-order valence-corrected chi connectivity index (χ3v) is 8.39. The van der Waals surface area contributed by atoms with Gasteiger partial charge in [-0.1, -0.05) is 42.8 Å². The summed E-state index contributed by atoms with van der Waals surface area (Å²) >= 11 is 6.07. The van der Waals surface area contributed by atoms with E-state index in [1.54, 1.807) is 30.1 Å². The lowest BCUT2D eigenvalue weighted by Crippen LogP contribution is -2.57. The van der Waals surface area contributed by atoms with Crippen molar-refractivity contribution < 1.29 is 24.0 Å². The Morgan fingerprint density at radius 1 is 0.933 bits per heavy atom. The molecule has 1 unspecified atom stereocenters. The number of carbonyl (C=O) groups excluding carboxylic acids is 5. The van der Waals surface area contributed by atoms with Crippen LogP contribution in [0.5, 0.6) is 0 Å². The first kappa shape index (κ1) is 33.9. The maximum absolute atomic E-state index is 14.0. The van der Waals surface area contributed by atoms with Crippen LogP contribution in [0.4, 0.5) is 0 Å². The van der Waals surface area contributed by atoms with Crippen LogP contribution in [0.2, 0.25) is 5.02 Å². The fraction of sp³-hybridized carbons (Fsp3) is 0.581. The van der Waals surface area contributed by atoms with Gasteiger partial charge in [-0.3, -0.25) is 28.7 Å². The summed E-state index contributed by atoms with van der Waals surface area (Å²) in [6, 6.07) is 4.58. The monoisotopic (exact) mass is 642 g/mol. The van der Waals surface area contributed by atoms with E-state index in [1.807, 2.05) is 26.0 Å². The second-order valence-corrected chi connectivity index (χ2v) is 12.6. The molecule has 1 aromatic heterocycles. The summed E-state index contributed by atoms with van der Waals surface area (Å²) < 4.78 is 1.65. The van der Waals surface area contributed by atoms with E-state index >= 15 is 0 Å². The van der Waals surface area contributed by atoms with Crippen LogP contribution < -0.4 is 16.0 Å². The lowest BCUT2D eigenvalue weighted by Gasteiger charge is -2.34. The summed E-state index contributed by atoms with van der Waals surface area (Å²) in [6.07, 6.45) is 4.80. The zero-order valence-electron chi connectivity index (χ0n) is 26.1. The Balaban J connectivity index is 1.59. The highest BCUT2D eigenvalue weighted by Crippen LogP contribution is 2.24. The standard InChI is InChI=1S/C31H43ClN8O5/c1-20(2)15-26-29(43)34-18-28(42)33-17-23-19-39(37-36-23)13-5-4-8-27(41)35-24(16-21-9-11-22(32)12-10-21)30(44)40-14-6-7-25(40)31(45)38(26)3/h9-12,19-20,24-26H,4-8,13-18H2,1-3H3,(H,33,42)(H,34,43)(H,35,41)/t24-,25-,26?/m0/s1. The third-order valence-electron chi connectivity index (χ3n) is 8.14. The number of hydrogen-bond acceptors (Lipinski definition) is 7. The molecule has 2 aliphatic rings. The Labute approximate surface area is 268 Å². The van der Waals surface area contributed by atoms with Crippen molar-refractivity contribution in [3.8, 4) is 0 Å². The van der Waals surface area contributed by atoms with E-state index in [9.17, 15) is 24.0 Å². The molecule has 0 saturated carbocycles. The maximum atomic E-state index is 14.0. The number of rotatable bonds is 4. The van der Waals surface area contributed by atoms with Crippen LogP contribution in [0.1, 0.15) is 63.6 Å². The van der Waals surface area contributed by atoms with Crippen LogP contribution in [0, 0.1) is 5.92 Å². The highest BCUT2D eigenvalue weighted by Gasteiger charge is 2.41. The van der Waals surface area contributed by atoms with Crippen molar-refractivity contribution in [2.45, 2.75) is 90.0 Å². The number of benzene rings is 1. The summed E-state index contributed by atoms with van der Waals surface area (Å²) in [7, 11) is 1.56. The van der Waals surface area contributed by atoms with Crippen LogP contribution >= 0.6 is 11.6 Å². The lowest BCUT2D eigenvalue weighted by molar-refractivity contribution is -0.148. The van der Waals surface area contributed by atoms with Gasteiger partial charge in [0, 0.05) is 38.0 Å². The van der Waals surface area contributed by atoms with Gasteiger partial charge in [-0.25, -0.2) is 0 Å². The van der Waals surface area contributed by atoms with Gasteiger partial charge < -0.3 is 25.8 Å². The summed E-state index contributed by atoms with van der Waals surface area (Å²) in [6.45, 7) is 4.66. The van der Waals surface area contributed by atoms with Crippen molar-refractivity contribution >= 4 is 41.1 Å². The van der Waals surface area contributed by atoms with E-state index in [0.717, 1.165) is 5.56 Å². The largest absolute Gasteiger partial charge is 0.349 e. The average Bonchev–Trinajstić information content (AvgIpc) is 3.69. The van der Waals surface area contributed by atoms with Crippen LogP contribution in [0.3, 0.4) is 0 Å². The van der Waals surface area contributed by atoms with Gasteiger partial charge in [0.1, 0.15) is 23.8 Å². The number of hydrogen-bond donors (Lipinski definition) is 3. The number of halogens is 1. The van der Waals surface area contributed by atoms with Crippen molar-refractivity contribution in [2.75, 3.05) is 20.1 Å². The van der Waals surface area contributed by atoms with E-state index in [-0.39, 0.29) is 49.6 Å². The van der Waals surface area contributed by atoms with Gasteiger partial charge in [0.25, 0.3) is 0 Å². The zero-order valence-corrected chi connectivity index (χ0v) is 26.9. The van der Waals surface area contributed by atoms with Gasteiger partial charge in [0.2, 0.25) is 29.5 Å². The molecular weight excluding hydrogens is 600 g/mol. The van der Waals surface area contributed by atoms with E-state index in [4.69, 9.17) is 11.6 Å². The minimum Gasteiger partial charge on any atom is -0.349 e. The predicted octanol–water partition coefficient (Wildman–Crippen LogP) is 1.44. The number of carbonyl (C=O) groups is 5. The zero-order chi connectivity index (χ0) is 32.5. The topological polar surface area (TPSA) is 159 Å². The molecule has 3 heterocycles. The number of aromatic nitrogens is 3. The summed E-state index contributed by atoms with van der Waals surface area (Å²) in [4.78, 5) is 69.8. The minimum absolute atomic E-state index is 0.0753. The van der Waals surface area contributed by atoms with E-state index in [0.29, 0.717) is 55.9 Å². The first-order valence-electron chi connectivity index (χ1n) is 15.6. The summed E-state index contributed by atoms with van der Waals surface area (Å²) in [5, 5.41) is 17.0. The number of fused-ring (bicyclic) bond motifs is 3. The molecule has 3 atom stereocenters. The average molecular weight is 643 g/mol. The van der Waals surface area contributed by atoms with Gasteiger partial charge >= 0.3 is 0 Å². The van der Waals surface area contributed by atoms with Crippen LogP contribution in [0.25, 0.3) is 0 Å². The van der Waals surface area contributed by atoms with Crippen molar-refractivity contribution in [3.05, 3.63) is 46.7 Å². The lowest BCUT2D eigenvalue weighted by atomic mass is 10.0. The van der Waals surface area contributed by atoms with Gasteiger partial charge in [-0.05, 0) is 55.7 Å². The molecule has 0 spiro atoms. The second kappa shape index (κ2) is 15.8. The number of amides is 5. The SMILES string of the molecule is CC(C)CC1C(=O)NCC(=O)NCc2cn(nn2)CCCCC(=O)N[C@@H](Cc2ccc(Cl)cc2)C(=O)N2CCC[C@H]2C(=O)N1C. The number of nitrogens with zero attached hydrogens (tertiary/aromatic N) is 5. The Bertz CT molecular complexity index is 1360. The molecule has 0 aliphatic carbocycles. The molecule has 5 amide bonds. The highest BCUT2D eigenvalue weighted by atomic mass is 35.5. The van der Waals surface area contributed by atoms with Gasteiger partial charge in [-0.2, -0.15) is 0 Å². The fourth-order valence-electron chi connectivity index (χ4n) is 5.71. The molecule has 14 heteroatoms. The molecule has 2 bridgehead atoms. The van der Waals surface area contributed by atoms with Crippen molar-refractivity contribution in [1.29, 1.82) is 0 Å². The number of likely N-dealkylation sites (N-methyl/N-ethyl adjacent to an activating group) is 1. The molecule has 1 aromatic carbocycles. The first-order chi connectivity index (χ1) is 21.5. The summed E-state index contributed by atoms with van der Waals surface area (Å²) in [5.74, 6) is -1.74. The van der Waals surface area contributed by atoms with Crippen LogP contribution in [0.15, 0.2) is 30.5 Å². The predicted molar refractivity (Wildman–Crippen MR) is 167 cm³/mol. The minimum atomic E-state index is -0.888. The molecular formula is C31H43ClN8O5. The normalized spacial score (nSPS) is 23.1. The Hall–Kier alpha value is -4.00. The molecule has 3 N–H and O–H groups in total. The smallest absolute Gasteiger partial charge is 0.246 e. The molecule has 0 radical (unpaired) electrons. The second-order valence-electron chi connectivity index (χ2n) is 12.2. The van der Waals surface area contributed by atoms with Crippen molar-refractivity contribution in [3.63, 3.8) is 0 Å². The Kier molecular flexibility index (Phi) is 11.9. The number of nitrogens with one attached hydrogen (secondary N) is 3. The molecule has 45 heavy (non-hydrogen) atoms. The highest BCUT2D eigenvalue weighted by molar-refractivity contribution is 6.30. The van der Waals surface area contributed by atoms with Crippen molar-refractivity contribution in [1.82, 2.24) is 40.7 Å². The van der Waals surface area contributed by atoms with Crippen molar-refractivity contribution in [2.24, 2.45) is 5.92 Å². The van der Waals surface area contributed by atoms with Crippen LogP contribution in [-0.4, -0.2) is 92.6 Å². The van der Waals surface area contributed by atoms with E-state index in [1.165, 1.54) is 9.80 Å². The van der Waals surface area contributed by atoms with E-state index < -0.39 is 29.9 Å². The summed E-state index contributed by atoms with van der Waals surface area (Å²) in [5.41, 5.74) is 1.38. The molecule has 1 fully saturated rings. The molecule has 4 rings (SSSR count). The fourth-order valence-corrected chi connectivity index (χ4v) is 5.84. The first-order valence-corrected chi connectivity index (χ1v) is 15.9. The Morgan fingerprint density at radius 2 is 1.69 bits per heavy atom. The Morgan fingerprint density at radius 3 is 2.42 bits per heavy atom. The molecule has 244 valence electrons. The maximum Gasteiger partial charge on any atom is 0.246 e. The van der Waals surface area contributed by atoms with Gasteiger partial charge in [0.15, 0.2) is 0 Å². The van der Waals surface area contributed by atoms with Gasteiger partial charge in [0.05, 0.1) is 19.3 Å². The van der Waals surface area contributed by atoms with Crippen LogP contribution in [-0.2, 0) is 43.5 Å². The van der Waals surface area contributed by atoms with E-state index in [2.05, 4.69) is 26.3 Å². The molecule has 2 aliphatic heterocycles. The van der Waals surface area contributed by atoms with Gasteiger partial charge in [-0.15, -0.1) is 5.10 Å². The number of aryl methyl sites for hydroxylation is 1. The molecule has 1 saturated heterocycles. The third kappa shape index (κ3) is 9.49.